The maximum Gasteiger partial charge on any atom is 0.192 e. The molecule has 0 unspecified atom stereocenters. The summed E-state index contributed by atoms with van der Waals surface area (Å²) in [5.74, 6) is 0.945. The zero-order valence-corrected chi connectivity index (χ0v) is 9.96. The first kappa shape index (κ1) is 11.9. The van der Waals surface area contributed by atoms with E-state index >= 15 is 0 Å². The minimum Gasteiger partial charge on any atom is -0.295 e. The van der Waals surface area contributed by atoms with Crippen molar-refractivity contribution >= 4 is 15.7 Å². The summed E-state index contributed by atoms with van der Waals surface area (Å²) in [5, 5.41) is 1.65. The number of sulfone groups is 1. The molecule has 1 aromatic rings. The summed E-state index contributed by atoms with van der Waals surface area (Å²) in [4.78, 5) is 7.97. The van der Waals surface area contributed by atoms with Crippen LogP contribution in [0, 0.1) is 6.92 Å². The number of anilines is 1. The van der Waals surface area contributed by atoms with Crippen LogP contribution in [0.5, 0.6) is 0 Å². The molecule has 0 aliphatic rings. The minimum absolute atomic E-state index is 0.0344. The number of nitrogens with zero attached hydrogens (tertiary/aromatic N) is 3. The van der Waals surface area contributed by atoms with Crippen LogP contribution < -0.4 is 10.4 Å². The second-order valence-electron chi connectivity index (χ2n) is 3.17. The molecular formula is C8H14N4O2S. The third-order valence-corrected chi connectivity index (χ3v) is 2.83. The van der Waals surface area contributed by atoms with Crippen molar-refractivity contribution in [1.82, 2.24) is 15.4 Å². The van der Waals surface area contributed by atoms with Gasteiger partial charge in [-0.1, -0.05) is 0 Å². The van der Waals surface area contributed by atoms with E-state index in [2.05, 4.69) is 15.4 Å². The zero-order valence-electron chi connectivity index (χ0n) is 9.14. The molecule has 0 saturated carbocycles. The first-order chi connectivity index (χ1) is 6.84. The summed E-state index contributed by atoms with van der Waals surface area (Å²) in [6, 6.07) is 1.43. The molecule has 1 rings (SSSR count). The van der Waals surface area contributed by atoms with E-state index in [0.29, 0.717) is 11.6 Å². The summed E-state index contributed by atoms with van der Waals surface area (Å²) in [5.41, 5.74) is 2.84. The average Bonchev–Trinajstić information content (AvgIpc) is 2.14. The van der Waals surface area contributed by atoms with Crippen LogP contribution in [-0.4, -0.2) is 38.7 Å². The standard InChI is InChI=1S/C8H14N4O2S/c1-6-10-7(12(3)9-2)5-8(11-6)15(4,13)14/h5,9H,1-4H3. The zero-order chi connectivity index (χ0) is 11.6. The topological polar surface area (TPSA) is 75.2 Å². The molecule has 1 N–H and O–H groups in total. The highest BCUT2D eigenvalue weighted by Crippen LogP contribution is 2.13. The molecule has 0 fully saturated rings. The van der Waals surface area contributed by atoms with Crippen LogP contribution in [0.25, 0.3) is 0 Å². The van der Waals surface area contributed by atoms with Crippen molar-refractivity contribution in [3.05, 3.63) is 11.9 Å². The fourth-order valence-electron chi connectivity index (χ4n) is 1.00. The van der Waals surface area contributed by atoms with E-state index in [1.807, 2.05) is 0 Å². The molecule has 0 spiro atoms. The summed E-state index contributed by atoms with van der Waals surface area (Å²) in [6.07, 6.45) is 1.12. The van der Waals surface area contributed by atoms with Gasteiger partial charge in [0.05, 0.1) is 0 Å². The average molecular weight is 230 g/mol. The lowest BCUT2D eigenvalue weighted by Crippen LogP contribution is -2.31. The number of aryl methyl sites for hydroxylation is 1. The van der Waals surface area contributed by atoms with Gasteiger partial charge in [-0.05, 0) is 6.92 Å². The molecule has 15 heavy (non-hydrogen) atoms. The normalized spacial score (nSPS) is 11.5. The predicted octanol–water partition coefficient (Wildman–Crippen LogP) is -0.241. The lowest BCUT2D eigenvalue weighted by atomic mass is 10.5. The van der Waals surface area contributed by atoms with Crippen molar-refractivity contribution in [3.8, 4) is 0 Å². The Morgan fingerprint density at radius 3 is 2.47 bits per heavy atom. The van der Waals surface area contributed by atoms with E-state index in [1.165, 1.54) is 6.07 Å². The van der Waals surface area contributed by atoms with Crippen LogP contribution >= 0.6 is 0 Å². The second-order valence-corrected chi connectivity index (χ2v) is 5.13. The van der Waals surface area contributed by atoms with Crippen molar-refractivity contribution in [2.45, 2.75) is 11.9 Å². The van der Waals surface area contributed by atoms with E-state index in [0.717, 1.165) is 6.26 Å². The Morgan fingerprint density at radius 1 is 1.40 bits per heavy atom. The molecule has 0 aliphatic carbocycles. The van der Waals surface area contributed by atoms with E-state index in [-0.39, 0.29) is 5.03 Å². The fourth-order valence-corrected chi connectivity index (χ4v) is 1.62. The molecule has 0 aromatic carbocycles. The van der Waals surface area contributed by atoms with Gasteiger partial charge in [0.1, 0.15) is 11.6 Å². The van der Waals surface area contributed by atoms with Gasteiger partial charge in [-0.3, -0.25) is 5.01 Å². The second kappa shape index (κ2) is 4.11. The summed E-state index contributed by atoms with van der Waals surface area (Å²) in [6.45, 7) is 1.65. The molecule has 0 amide bonds. The molecule has 0 saturated heterocycles. The molecule has 7 heteroatoms. The largest absolute Gasteiger partial charge is 0.295 e. The molecular weight excluding hydrogens is 216 g/mol. The van der Waals surface area contributed by atoms with Gasteiger partial charge in [-0.25, -0.2) is 23.8 Å². The molecule has 0 aliphatic heterocycles. The lowest BCUT2D eigenvalue weighted by Gasteiger charge is -2.16. The maximum atomic E-state index is 11.3. The SMILES string of the molecule is CNN(C)c1cc(S(C)(=O)=O)nc(C)n1. The van der Waals surface area contributed by atoms with Crippen molar-refractivity contribution in [3.63, 3.8) is 0 Å². The Balaban J connectivity index is 3.29. The summed E-state index contributed by atoms with van der Waals surface area (Å²) < 4.78 is 22.6. The molecule has 1 aromatic heterocycles. The van der Waals surface area contributed by atoms with Crippen LogP contribution in [0.2, 0.25) is 0 Å². The number of rotatable bonds is 3. The molecule has 0 radical (unpaired) electrons. The van der Waals surface area contributed by atoms with E-state index in [1.54, 1.807) is 26.0 Å². The van der Waals surface area contributed by atoms with Gasteiger partial charge in [0.25, 0.3) is 0 Å². The highest BCUT2D eigenvalue weighted by Gasteiger charge is 2.13. The summed E-state index contributed by atoms with van der Waals surface area (Å²) >= 11 is 0. The fraction of sp³-hybridized carbons (Fsp3) is 0.500. The first-order valence-corrected chi connectivity index (χ1v) is 6.20. The van der Waals surface area contributed by atoms with Crippen molar-refractivity contribution in [2.24, 2.45) is 0 Å². The number of hydrazine groups is 1. The Hall–Kier alpha value is -1.21. The third-order valence-electron chi connectivity index (χ3n) is 1.86. The summed E-state index contributed by atoms with van der Waals surface area (Å²) in [7, 11) is 0.169. The number of aromatic nitrogens is 2. The number of nitrogens with one attached hydrogen (secondary N) is 1. The van der Waals surface area contributed by atoms with Crippen LogP contribution in [0.15, 0.2) is 11.1 Å². The Bertz CT molecular complexity index is 458. The van der Waals surface area contributed by atoms with Crippen LogP contribution in [-0.2, 0) is 9.84 Å². The van der Waals surface area contributed by atoms with Crippen LogP contribution in [0.1, 0.15) is 5.82 Å². The van der Waals surface area contributed by atoms with Gasteiger partial charge in [0.2, 0.25) is 0 Å². The lowest BCUT2D eigenvalue weighted by molar-refractivity contribution is 0.597. The minimum atomic E-state index is -3.30. The van der Waals surface area contributed by atoms with Gasteiger partial charge in [0.15, 0.2) is 14.9 Å². The molecule has 0 bridgehead atoms. The molecule has 6 nitrogen and oxygen atoms in total. The third kappa shape index (κ3) is 2.87. The maximum absolute atomic E-state index is 11.3. The first-order valence-electron chi connectivity index (χ1n) is 4.31. The Labute approximate surface area is 89.2 Å². The number of hydrogen-bond donors (Lipinski definition) is 1. The van der Waals surface area contributed by atoms with E-state index < -0.39 is 9.84 Å². The molecule has 0 atom stereocenters. The molecule has 1 heterocycles. The van der Waals surface area contributed by atoms with Crippen molar-refractivity contribution < 1.29 is 8.42 Å². The van der Waals surface area contributed by atoms with Crippen molar-refractivity contribution in [2.75, 3.05) is 25.4 Å². The van der Waals surface area contributed by atoms with Gasteiger partial charge in [-0.15, -0.1) is 0 Å². The monoisotopic (exact) mass is 230 g/mol. The van der Waals surface area contributed by atoms with E-state index in [9.17, 15) is 8.42 Å². The van der Waals surface area contributed by atoms with Crippen LogP contribution in [0.4, 0.5) is 5.82 Å². The predicted molar refractivity (Wildman–Crippen MR) is 57.3 cm³/mol. The quantitative estimate of drug-likeness (QED) is 0.570. The van der Waals surface area contributed by atoms with Gasteiger partial charge < -0.3 is 0 Å². The number of hydrogen-bond acceptors (Lipinski definition) is 6. The smallest absolute Gasteiger partial charge is 0.192 e. The molecule has 84 valence electrons. The van der Waals surface area contributed by atoms with Gasteiger partial charge in [0, 0.05) is 26.4 Å². The van der Waals surface area contributed by atoms with E-state index in [4.69, 9.17) is 0 Å². The highest BCUT2D eigenvalue weighted by atomic mass is 32.2. The van der Waals surface area contributed by atoms with Gasteiger partial charge >= 0.3 is 0 Å². The van der Waals surface area contributed by atoms with Crippen LogP contribution in [0.3, 0.4) is 0 Å². The Morgan fingerprint density at radius 2 is 2.00 bits per heavy atom. The Kier molecular flexibility index (Phi) is 3.25. The van der Waals surface area contributed by atoms with Crippen molar-refractivity contribution in [1.29, 1.82) is 0 Å². The highest BCUT2D eigenvalue weighted by molar-refractivity contribution is 7.90. The van der Waals surface area contributed by atoms with Gasteiger partial charge in [-0.2, -0.15) is 0 Å².